The molecule has 0 spiro atoms. The van der Waals surface area contributed by atoms with Gasteiger partial charge in [-0.3, -0.25) is 0 Å². The van der Waals surface area contributed by atoms with E-state index in [9.17, 15) is 14.3 Å². The molecule has 0 amide bonds. The molecule has 0 fully saturated rings. The number of rotatable bonds is 4. The molecule has 4 nitrogen and oxygen atoms in total. The number of carbonyl (C=O) groups is 1. The summed E-state index contributed by atoms with van der Waals surface area (Å²) >= 11 is 1.44. The molecule has 1 aliphatic rings. The number of hydrogen-bond donors (Lipinski definition) is 2. The van der Waals surface area contributed by atoms with Gasteiger partial charge in [-0.1, -0.05) is 30.0 Å². The topological polar surface area (TPSA) is 61.7 Å². The van der Waals surface area contributed by atoms with E-state index < -0.39 is 12.0 Å². The Morgan fingerprint density at radius 2 is 2.19 bits per heavy atom. The average Bonchev–Trinajstić information content (AvgIpc) is 2.44. The molecule has 2 rings (SSSR count). The first-order chi connectivity index (χ1) is 10.0. The lowest BCUT2D eigenvalue weighted by molar-refractivity contribution is -0.133. The first-order valence-electron chi connectivity index (χ1n) is 6.31. The number of aliphatic carboxylic acids is 1. The van der Waals surface area contributed by atoms with Gasteiger partial charge in [0.2, 0.25) is 0 Å². The summed E-state index contributed by atoms with van der Waals surface area (Å²) in [5, 5.41) is 13.0. The van der Waals surface area contributed by atoms with Crippen molar-refractivity contribution in [1.82, 2.24) is 5.32 Å². The van der Waals surface area contributed by atoms with Gasteiger partial charge in [-0.15, -0.1) is 6.58 Å². The Morgan fingerprint density at radius 3 is 2.76 bits per heavy atom. The molecule has 0 aromatic heterocycles. The van der Waals surface area contributed by atoms with Gasteiger partial charge in [-0.25, -0.2) is 14.2 Å². The van der Waals surface area contributed by atoms with Crippen LogP contribution in [0.3, 0.4) is 0 Å². The second-order valence-electron chi connectivity index (χ2n) is 4.46. The average molecular weight is 306 g/mol. The van der Waals surface area contributed by atoms with E-state index in [1.165, 1.54) is 23.9 Å². The van der Waals surface area contributed by atoms with Crippen LogP contribution in [0.2, 0.25) is 0 Å². The van der Waals surface area contributed by atoms with Crippen LogP contribution in [0.25, 0.3) is 0 Å². The van der Waals surface area contributed by atoms with E-state index in [0.717, 1.165) is 0 Å². The number of carboxylic acids is 1. The summed E-state index contributed by atoms with van der Waals surface area (Å²) in [6, 6.07) is 5.08. The van der Waals surface area contributed by atoms with Crippen LogP contribution < -0.4 is 5.32 Å². The Morgan fingerprint density at radius 1 is 1.52 bits per heavy atom. The van der Waals surface area contributed by atoms with Crippen molar-refractivity contribution in [2.75, 3.05) is 5.75 Å². The highest BCUT2D eigenvalue weighted by Gasteiger charge is 2.28. The molecule has 2 N–H and O–H groups in total. The summed E-state index contributed by atoms with van der Waals surface area (Å²) in [6.45, 7) is 5.34. The van der Waals surface area contributed by atoms with Gasteiger partial charge in [0.1, 0.15) is 11.9 Å². The number of aliphatic imine (C=N–C) groups is 1. The number of hydrogen-bond acceptors (Lipinski definition) is 4. The van der Waals surface area contributed by atoms with Crippen LogP contribution in [0.1, 0.15) is 18.5 Å². The highest BCUT2D eigenvalue weighted by Crippen LogP contribution is 2.32. The molecule has 1 atom stereocenters. The molecule has 21 heavy (non-hydrogen) atoms. The van der Waals surface area contributed by atoms with Crippen molar-refractivity contribution in [3.05, 3.63) is 59.6 Å². The van der Waals surface area contributed by atoms with Gasteiger partial charge in [-0.2, -0.15) is 0 Å². The fraction of sp³-hybridized carbons (Fsp3) is 0.200. The van der Waals surface area contributed by atoms with Gasteiger partial charge >= 0.3 is 5.97 Å². The smallest absolute Gasteiger partial charge is 0.335 e. The standard InChI is InChI=1S/C15H15FN2O2S/c1-3-8-21-15-17-9(2)12(14(19)20)13(18-15)10-4-6-11(16)7-5-10/h3-7,13H,1,8H2,2H3,(H,17,18)(H,19,20). The number of amidine groups is 1. The first kappa shape index (κ1) is 15.3. The van der Waals surface area contributed by atoms with Gasteiger partial charge in [0.25, 0.3) is 0 Å². The van der Waals surface area contributed by atoms with Crippen molar-refractivity contribution < 1.29 is 14.3 Å². The van der Waals surface area contributed by atoms with Crippen LogP contribution in [-0.2, 0) is 4.79 Å². The summed E-state index contributed by atoms with van der Waals surface area (Å²) in [5.41, 5.74) is 1.36. The molecule has 0 radical (unpaired) electrons. The predicted molar refractivity (Wildman–Crippen MR) is 82.7 cm³/mol. The minimum atomic E-state index is -1.04. The highest BCUT2D eigenvalue weighted by molar-refractivity contribution is 8.13. The minimum Gasteiger partial charge on any atom is -0.478 e. The van der Waals surface area contributed by atoms with E-state index in [4.69, 9.17) is 0 Å². The molecule has 1 aromatic carbocycles. The molecule has 1 aromatic rings. The second-order valence-corrected chi connectivity index (χ2v) is 5.47. The lowest BCUT2D eigenvalue weighted by atomic mass is 9.97. The highest BCUT2D eigenvalue weighted by atomic mass is 32.2. The number of allylic oxidation sites excluding steroid dienone is 1. The number of thioether (sulfide) groups is 1. The number of nitrogens with one attached hydrogen (secondary N) is 1. The SMILES string of the molecule is C=CCSC1=NC(c2ccc(F)cc2)C(C(=O)O)=C(C)N1. The summed E-state index contributed by atoms with van der Waals surface area (Å²) in [5.74, 6) is -0.737. The van der Waals surface area contributed by atoms with Gasteiger partial charge in [0, 0.05) is 11.4 Å². The minimum absolute atomic E-state index is 0.171. The molecular weight excluding hydrogens is 291 g/mol. The van der Waals surface area contributed by atoms with E-state index in [1.54, 1.807) is 25.1 Å². The predicted octanol–water partition coefficient (Wildman–Crippen LogP) is 3.10. The molecule has 0 saturated carbocycles. The summed E-state index contributed by atoms with van der Waals surface area (Å²) in [7, 11) is 0. The third-order valence-corrected chi connectivity index (χ3v) is 3.86. The molecule has 0 saturated heterocycles. The van der Waals surface area contributed by atoms with E-state index in [2.05, 4.69) is 16.9 Å². The Kier molecular flexibility index (Phi) is 4.80. The zero-order chi connectivity index (χ0) is 15.4. The molecule has 1 aliphatic heterocycles. The van der Waals surface area contributed by atoms with E-state index in [0.29, 0.717) is 22.2 Å². The van der Waals surface area contributed by atoms with Crippen LogP contribution >= 0.6 is 11.8 Å². The van der Waals surface area contributed by atoms with Crippen LogP contribution in [0, 0.1) is 5.82 Å². The molecule has 1 heterocycles. The third kappa shape index (κ3) is 3.52. The summed E-state index contributed by atoms with van der Waals surface area (Å²) in [6.07, 6.45) is 1.74. The fourth-order valence-electron chi connectivity index (χ4n) is 2.02. The van der Waals surface area contributed by atoms with Crippen LogP contribution in [0.4, 0.5) is 4.39 Å². The Balaban J connectivity index is 2.41. The van der Waals surface area contributed by atoms with Crippen molar-refractivity contribution >= 4 is 22.9 Å². The molecule has 110 valence electrons. The fourth-order valence-corrected chi connectivity index (χ4v) is 2.70. The van der Waals surface area contributed by atoms with Crippen molar-refractivity contribution in [3.8, 4) is 0 Å². The maximum atomic E-state index is 13.0. The molecule has 0 bridgehead atoms. The number of carboxylic acid groups (broad SMARTS) is 1. The quantitative estimate of drug-likeness (QED) is 0.839. The molecule has 1 unspecified atom stereocenters. The van der Waals surface area contributed by atoms with Crippen molar-refractivity contribution in [2.24, 2.45) is 4.99 Å². The lowest BCUT2D eigenvalue weighted by Gasteiger charge is -2.24. The number of halogens is 1. The zero-order valence-corrected chi connectivity index (χ0v) is 12.3. The third-order valence-electron chi connectivity index (χ3n) is 2.97. The van der Waals surface area contributed by atoms with E-state index >= 15 is 0 Å². The van der Waals surface area contributed by atoms with Gasteiger partial charge in [-0.05, 0) is 24.6 Å². The van der Waals surface area contributed by atoms with Crippen LogP contribution in [0.15, 0.2) is 53.2 Å². The van der Waals surface area contributed by atoms with Crippen molar-refractivity contribution in [1.29, 1.82) is 0 Å². The van der Waals surface area contributed by atoms with E-state index in [1.807, 2.05) is 0 Å². The normalized spacial score (nSPS) is 18.0. The number of nitrogens with zero attached hydrogens (tertiary/aromatic N) is 1. The van der Waals surface area contributed by atoms with Crippen LogP contribution in [0.5, 0.6) is 0 Å². The molecule has 6 heteroatoms. The zero-order valence-electron chi connectivity index (χ0n) is 11.5. The largest absolute Gasteiger partial charge is 0.478 e. The maximum Gasteiger partial charge on any atom is 0.335 e. The summed E-state index contributed by atoms with van der Waals surface area (Å²) in [4.78, 5) is 15.9. The van der Waals surface area contributed by atoms with E-state index in [-0.39, 0.29) is 11.4 Å². The first-order valence-corrected chi connectivity index (χ1v) is 7.29. The molecular formula is C15H15FN2O2S. The Labute approximate surface area is 126 Å². The monoisotopic (exact) mass is 306 g/mol. The summed E-state index contributed by atoms with van der Waals surface area (Å²) < 4.78 is 13.0. The second kappa shape index (κ2) is 6.58. The Hall–Kier alpha value is -2.08. The lowest BCUT2D eigenvalue weighted by Crippen LogP contribution is -2.29. The van der Waals surface area contributed by atoms with Crippen LogP contribution in [-0.4, -0.2) is 22.0 Å². The van der Waals surface area contributed by atoms with Gasteiger partial charge in [0.05, 0.1) is 5.57 Å². The maximum absolute atomic E-state index is 13.0. The van der Waals surface area contributed by atoms with Crippen molar-refractivity contribution in [3.63, 3.8) is 0 Å². The Bertz CT molecular complexity index is 623. The van der Waals surface area contributed by atoms with Crippen molar-refractivity contribution in [2.45, 2.75) is 13.0 Å². The van der Waals surface area contributed by atoms with Gasteiger partial charge < -0.3 is 10.4 Å². The number of benzene rings is 1. The molecule has 0 aliphatic carbocycles. The van der Waals surface area contributed by atoms with Gasteiger partial charge in [0.15, 0.2) is 5.17 Å².